The molecule has 1 unspecified atom stereocenters. The van der Waals surface area contributed by atoms with Crippen molar-refractivity contribution in [1.82, 2.24) is 5.32 Å². The largest absolute Gasteiger partial charge is 0.309 e. The van der Waals surface area contributed by atoms with E-state index in [1.807, 2.05) is 26.1 Å². The van der Waals surface area contributed by atoms with Crippen LogP contribution in [0, 0.1) is 12.7 Å². The summed E-state index contributed by atoms with van der Waals surface area (Å²) in [5.74, 6) is -0.149. The highest BCUT2D eigenvalue weighted by atomic mass is 19.1. The zero-order valence-corrected chi connectivity index (χ0v) is 13.3. The van der Waals surface area contributed by atoms with Crippen molar-refractivity contribution in [3.63, 3.8) is 0 Å². The van der Waals surface area contributed by atoms with Crippen LogP contribution < -0.4 is 5.32 Å². The van der Waals surface area contributed by atoms with Crippen molar-refractivity contribution >= 4 is 0 Å². The molecule has 1 atom stereocenters. The molecule has 0 amide bonds. The minimum absolute atomic E-state index is 0.105. The zero-order valence-electron chi connectivity index (χ0n) is 13.3. The SMILES string of the molecule is CCc1ccc(CC)c(C(NC)c2cc(C)ccc2F)c1. The summed E-state index contributed by atoms with van der Waals surface area (Å²) in [7, 11) is 1.89. The lowest BCUT2D eigenvalue weighted by atomic mass is 9.90. The Morgan fingerprint density at radius 2 is 1.76 bits per heavy atom. The van der Waals surface area contributed by atoms with Gasteiger partial charge in [-0.15, -0.1) is 0 Å². The van der Waals surface area contributed by atoms with Gasteiger partial charge in [0.2, 0.25) is 0 Å². The smallest absolute Gasteiger partial charge is 0.128 e. The molecule has 2 aromatic carbocycles. The molecule has 1 nitrogen and oxygen atoms in total. The molecule has 0 bridgehead atoms. The number of aryl methyl sites for hydroxylation is 3. The number of benzene rings is 2. The van der Waals surface area contributed by atoms with Gasteiger partial charge in [0.25, 0.3) is 0 Å². The topological polar surface area (TPSA) is 12.0 Å². The summed E-state index contributed by atoms with van der Waals surface area (Å²) in [6.07, 6.45) is 1.94. The van der Waals surface area contributed by atoms with Gasteiger partial charge in [0.15, 0.2) is 0 Å². The molecule has 0 spiro atoms. The Kier molecular flexibility index (Phi) is 5.13. The molecule has 1 N–H and O–H groups in total. The Balaban J connectivity index is 2.57. The average Bonchev–Trinajstić information content (AvgIpc) is 2.51. The Bertz CT molecular complexity index is 619. The molecule has 0 saturated carbocycles. The third-order valence-electron chi connectivity index (χ3n) is 4.06. The van der Waals surface area contributed by atoms with Crippen LogP contribution in [0.4, 0.5) is 4.39 Å². The summed E-state index contributed by atoms with van der Waals surface area (Å²) in [5, 5.41) is 3.29. The maximum atomic E-state index is 14.3. The van der Waals surface area contributed by atoms with E-state index in [1.54, 1.807) is 6.07 Å². The standard InChI is InChI=1S/C19H24FN/c1-5-14-8-9-15(6-2)16(12-14)19(21-4)17-11-13(3)7-10-18(17)20/h7-12,19,21H,5-6H2,1-4H3. The first-order chi connectivity index (χ1) is 10.1. The minimum atomic E-state index is -0.149. The van der Waals surface area contributed by atoms with Gasteiger partial charge >= 0.3 is 0 Å². The van der Waals surface area contributed by atoms with E-state index in [1.165, 1.54) is 16.7 Å². The van der Waals surface area contributed by atoms with Crippen molar-refractivity contribution in [2.75, 3.05) is 7.05 Å². The quantitative estimate of drug-likeness (QED) is 0.848. The molecule has 0 radical (unpaired) electrons. The van der Waals surface area contributed by atoms with Gasteiger partial charge in [0, 0.05) is 5.56 Å². The van der Waals surface area contributed by atoms with Crippen LogP contribution in [0.3, 0.4) is 0 Å². The number of rotatable bonds is 5. The molecule has 0 fully saturated rings. The highest BCUT2D eigenvalue weighted by molar-refractivity contribution is 5.41. The summed E-state index contributed by atoms with van der Waals surface area (Å²) in [4.78, 5) is 0. The summed E-state index contributed by atoms with van der Waals surface area (Å²) >= 11 is 0. The van der Waals surface area contributed by atoms with Gasteiger partial charge in [0.05, 0.1) is 6.04 Å². The Hall–Kier alpha value is -1.67. The monoisotopic (exact) mass is 285 g/mol. The lowest BCUT2D eigenvalue weighted by molar-refractivity contribution is 0.573. The summed E-state index contributed by atoms with van der Waals surface area (Å²) in [6, 6.07) is 11.8. The molecule has 0 saturated heterocycles. The van der Waals surface area contributed by atoms with E-state index in [0.717, 1.165) is 24.0 Å². The van der Waals surface area contributed by atoms with Gasteiger partial charge < -0.3 is 5.32 Å². The van der Waals surface area contributed by atoms with Crippen LogP contribution in [-0.4, -0.2) is 7.05 Å². The summed E-state index contributed by atoms with van der Waals surface area (Å²) in [6.45, 7) is 6.29. The molecular formula is C19H24FN. The number of hydrogen-bond donors (Lipinski definition) is 1. The average molecular weight is 285 g/mol. The predicted molar refractivity (Wildman–Crippen MR) is 87.2 cm³/mol. The van der Waals surface area contributed by atoms with Gasteiger partial charge in [0.1, 0.15) is 5.82 Å². The fraction of sp³-hybridized carbons (Fsp3) is 0.368. The second kappa shape index (κ2) is 6.86. The van der Waals surface area contributed by atoms with Gasteiger partial charge in [-0.05, 0) is 49.6 Å². The van der Waals surface area contributed by atoms with Crippen LogP contribution in [0.25, 0.3) is 0 Å². The first-order valence-electron chi connectivity index (χ1n) is 7.65. The Morgan fingerprint density at radius 1 is 1.00 bits per heavy atom. The van der Waals surface area contributed by atoms with Crippen LogP contribution in [0.1, 0.15) is 47.7 Å². The molecule has 2 rings (SSSR count). The zero-order chi connectivity index (χ0) is 15.4. The lowest BCUT2D eigenvalue weighted by Gasteiger charge is -2.22. The second-order valence-electron chi connectivity index (χ2n) is 5.49. The van der Waals surface area contributed by atoms with Crippen LogP contribution in [0.2, 0.25) is 0 Å². The van der Waals surface area contributed by atoms with Crippen molar-refractivity contribution in [2.45, 2.75) is 39.7 Å². The van der Waals surface area contributed by atoms with Crippen molar-refractivity contribution in [1.29, 1.82) is 0 Å². The van der Waals surface area contributed by atoms with Crippen LogP contribution in [-0.2, 0) is 12.8 Å². The minimum Gasteiger partial charge on any atom is -0.309 e. The van der Waals surface area contributed by atoms with E-state index in [2.05, 4.69) is 37.4 Å². The van der Waals surface area contributed by atoms with Gasteiger partial charge in [-0.25, -0.2) is 4.39 Å². The van der Waals surface area contributed by atoms with E-state index in [9.17, 15) is 4.39 Å². The number of halogens is 1. The maximum absolute atomic E-state index is 14.3. The molecular weight excluding hydrogens is 261 g/mol. The first kappa shape index (κ1) is 15.7. The third-order valence-corrected chi connectivity index (χ3v) is 4.06. The van der Waals surface area contributed by atoms with Gasteiger partial charge in [-0.2, -0.15) is 0 Å². The number of nitrogens with one attached hydrogen (secondary N) is 1. The van der Waals surface area contributed by atoms with Crippen molar-refractivity contribution in [2.24, 2.45) is 0 Å². The van der Waals surface area contributed by atoms with Gasteiger partial charge in [-0.1, -0.05) is 49.7 Å². The molecule has 0 aromatic heterocycles. The fourth-order valence-corrected chi connectivity index (χ4v) is 2.82. The molecule has 21 heavy (non-hydrogen) atoms. The van der Waals surface area contributed by atoms with Crippen LogP contribution in [0.15, 0.2) is 36.4 Å². The van der Waals surface area contributed by atoms with Gasteiger partial charge in [-0.3, -0.25) is 0 Å². The Morgan fingerprint density at radius 3 is 2.38 bits per heavy atom. The molecule has 0 heterocycles. The van der Waals surface area contributed by atoms with E-state index < -0.39 is 0 Å². The van der Waals surface area contributed by atoms with Crippen molar-refractivity contribution < 1.29 is 4.39 Å². The second-order valence-corrected chi connectivity index (χ2v) is 5.49. The van der Waals surface area contributed by atoms with E-state index in [0.29, 0.717) is 0 Å². The van der Waals surface area contributed by atoms with E-state index in [-0.39, 0.29) is 11.9 Å². The summed E-state index contributed by atoms with van der Waals surface area (Å²) in [5.41, 5.74) is 5.55. The third kappa shape index (κ3) is 3.33. The van der Waals surface area contributed by atoms with Crippen LogP contribution in [0.5, 0.6) is 0 Å². The summed E-state index contributed by atoms with van der Waals surface area (Å²) < 4.78 is 14.3. The molecule has 0 aliphatic rings. The van der Waals surface area contributed by atoms with Crippen molar-refractivity contribution in [3.8, 4) is 0 Å². The maximum Gasteiger partial charge on any atom is 0.128 e. The molecule has 2 aromatic rings. The fourth-order valence-electron chi connectivity index (χ4n) is 2.82. The van der Waals surface area contributed by atoms with E-state index in [4.69, 9.17) is 0 Å². The van der Waals surface area contributed by atoms with Crippen LogP contribution >= 0.6 is 0 Å². The van der Waals surface area contributed by atoms with E-state index >= 15 is 0 Å². The highest BCUT2D eigenvalue weighted by Crippen LogP contribution is 2.29. The number of hydrogen-bond acceptors (Lipinski definition) is 1. The molecule has 0 aliphatic carbocycles. The highest BCUT2D eigenvalue weighted by Gasteiger charge is 2.19. The first-order valence-corrected chi connectivity index (χ1v) is 7.65. The molecule has 0 aliphatic heterocycles. The predicted octanol–water partition coefficient (Wildman–Crippen LogP) is 4.57. The molecule has 2 heteroatoms. The Labute approximate surface area is 127 Å². The van der Waals surface area contributed by atoms with Crippen molar-refractivity contribution in [3.05, 3.63) is 70.0 Å². The molecule has 112 valence electrons. The lowest BCUT2D eigenvalue weighted by Crippen LogP contribution is -2.21. The normalized spacial score (nSPS) is 12.4.